The molecule has 2 N–H and O–H groups in total. The SMILES string of the molecule is CCN1C(=O)N(OC(F)C(=O)O)C=C(C)[C@H]1C(=O)NCc1cnccn1. The summed E-state index contributed by atoms with van der Waals surface area (Å²) in [6.45, 7) is 3.42. The molecule has 0 saturated heterocycles. The molecule has 2 atom stereocenters. The van der Waals surface area contributed by atoms with Crippen LogP contribution in [0.15, 0.2) is 30.4 Å². The van der Waals surface area contributed by atoms with E-state index in [-0.39, 0.29) is 13.1 Å². The van der Waals surface area contributed by atoms with Crippen molar-refractivity contribution in [1.82, 2.24) is 25.2 Å². The average Bonchev–Trinajstić information content (AvgIpc) is 2.62. The van der Waals surface area contributed by atoms with Crippen LogP contribution in [0.1, 0.15) is 19.5 Å². The van der Waals surface area contributed by atoms with Crippen LogP contribution in [0.4, 0.5) is 9.18 Å². The van der Waals surface area contributed by atoms with Crippen molar-refractivity contribution in [3.8, 4) is 0 Å². The maximum atomic E-state index is 13.3. The van der Waals surface area contributed by atoms with E-state index < -0.39 is 30.3 Å². The molecule has 26 heavy (non-hydrogen) atoms. The zero-order valence-electron chi connectivity index (χ0n) is 14.1. The Balaban J connectivity index is 2.13. The monoisotopic (exact) mass is 367 g/mol. The van der Waals surface area contributed by atoms with Crippen molar-refractivity contribution in [1.29, 1.82) is 0 Å². The van der Waals surface area contributed by atoms with Gasteiger partial charge in [-0.1, -0.05) is 0 Å². The lowest BCUT2D eigenvalue weighted by atomic mass is 10.1. The lowest BCUT2D eigenvalue weighted by molar-refractivity contribution is -0.207. The van der Waals surface area contributed by atoms with Crippen LogP contribution in [0.5, 0.6) is 0 Å². The summed E-state index contributed by atoms with van der Waals surface area (Å²) >= 11 is 0. The number of nitrogens with zero attached hydrogens (tertiary/aromatic N) is 4. The second-order valence-corrected chi connectivity index (χ2v) is 5.34. The molecule has 2 heterocycles. The number of aromatic nitrogens is 2. The molecule has 1 unspecified atom stereocenters. The number of likely N-dealkylation sites (N-methyl/N-ethyl adjacent to an activating group) is 1. The van der Waals surface area contributed by atoms with E-state index in [1.54, 1.807) is 13.8 Å². The highest BCUT2D eigenvalue weighted by atomic mass is 19.1. The van der Waals surface area contributed by atoms with Crippen LogP contribution in [0.3, 0.4) is 0 Å². The van der Waals surface area contributed by atoms with Crippen LogP contribution < -0.4 is 5.32 Å². The lowest BCUT2D eigenvalue weighted by Crippen LogP contribution is -2.56. The number of hydroxylamine groups is 2. The predicted molar refractivity (Wildman–Crippen MR) is 84.7 cm³/mol. The second kappa shape index (κ2) is 8.34. The second-order valence-electron chi connectivity index (χ2n) is 5.34. The van der Waals surface area contributed by atoms with Gasteiger partial charge in [0.15, 0.2) is 0 Å². The Morgan fingerprint density at radius 2 is 2.19 bits per heavy atom. The van der Waals surface area contributed by atoms with Crippen molar-refractivity contribution in [2.75, 3.05) is 6.54 Å². The molecule has 1 aromatic rings. The Kier molecular flexibility index (Phi) is 6.17. The van der Waals surface area contributed by atoms with Crippen molar-refractivity contribution in [2.24, 2.45) is 0 Å². The van der Waals surface area contributed by atoms with Crippen molar-refractivity contribution in [3.63, 3.8) is 0 Å². The number of carbonyl (C=O) groups is 3. The number of rotatable bonds is 7. The van der Waals surface area contributed by atoms with Crippen LogP contribution >= 0.6 is 0 Å². The number of alkyl halides is 1. The van der Waals surface area contributed by atoms with Crippen LogP contribution in [0, 0.1) is 0 Å². The third-order valence-electron chi connectivity index (χ3n) is 3.55. The van der Waals surface area contributed by atoms with E-state index in [9.17, 15) is 18.8 Å². The van der Waals surface area contributed by atoms with Gasteiger partial charge in [0.1, 0.15) is 6.04 Å². The third-order valence-corrected chi connectivity index (χ3v) is 3.55. The molecule has 1 aliphatic rings. The normalized spacial score (nSPS) is 18.3. The first-order valence-corrected chi connectivity index (χ1v) is 7.69. The zero-order chi connectivity index (χ0) is 19.3. The minimum Gasteiger partial charge on any atom is -0.477 e. The quantitative estimate of drug-likeness (QED) is 0.716. The number of halogens is 1. The number of carboxylic acids is 1. The van der Waals surface area contributed by atoms with Gasteiger partial charge in [0, 0.05) is 25.1 Å². The fraction of sp³-hybridized carbons (Fsp3) is 0.400. The molecule has 0 saturated carbocycles. The minimum absolute atomic E-state index is 0.119. The number of urea groups is 1. The van der Waals surface area contributed by atoms with Gasteiger partial charge in [-0.2, -0.15) is 5.06 Å². The Morgan fingerprint density at radius 3 is 2.77 bits per heavy atom. The molecular formula is C15H18FN5O5. The van der Waals surface area contributed by atoms with Gasteiger partial charge in [0.25, 0.3) is 0 Å². The van der Waals surface area contributed by atoms with E-state index in [4.69, 9.17) is 5.11 Å². The number of carboxylic acid groups (broad SMARTS) is 1. The summed E-state index contributed by atoms with van der Waals surface area (Å²) in [5.41, 5.74) is 0.917. The van der Waals surface area contributed by atoms with Crippen molar-refractivity contribution >= 4 is 17.9 Å². The van der Waals surface area contributed by atoms with Gasteiger partial charge in [-0.05, 0) is 19.4 Å². The van der Waals surface area contributed by atoms with E-state index in [0.717, 1.165) is 11.1 Å². The first-order valence-electron chi connectivity index (χ1n) is 7.69. The van der Waals surface area contributed by atoms with E-state index in [1.165, 1.54) is 18.6 Å². The van der Waals surface area contributed by atoms with Crippen molar-refractivity contribution < 1.29 is 28.7 Å². The van der Waals surface area contributed by atoms with Crippen molar-refractivity contribution in [3.05, 3.63) is 36.1 Å². The first kappa shape index (κ1) is 19.2. The molecule has 3 amide bonds. The van der Waals surface area contributed by atoms with Crippen LogP contribution in [0.25, 0.3) is 0 Å². The Morgan fingerprint density at radius 1 is 1.46 bits per heavy atom. The molecule has 1 aromatic heterocycles. The number of amides is 3. The molecule has 0 aliphatic carbocycles. The van der Waals surface area contributed by atoms with Gasteiger partial charge in [0.05, 0.1) is 18.4 Å². The summed E-state index contributed by atoms with van der Waals surface area (Å²) in [4.78, 5) is 49.0. The summed E-state index contributed by atoms with van der Waals surface area (Å²) in [5, 5.41) is 11.7. The highest BCUT2D eigenvalue weighted by molar-refractivity contribution is 5.91. The summed E-state index contributed by atoms with van der Waals surface area (Å²) in [5.74, 6) is -2.33. The van der Waals surface area contributed by atoms with Gasteiger partial charge >= 0.3 is 18.4 Å². The van der Waals surface area contributed by atoms with E-state index in [0.29, 0.717) is 16.3 Å². The number of nitrogens with one attached hydrogen (secondary N) is 1. The van der Waals surface area contributed by atoms with Gasteiger partial charge in [-0.15, -0.1) is 0 Å². The van der Waals surface area contributed by atoms with Gasteiger partial charge in [-0.25, -0.2) is 18.8 Å². The molecule has 0 aromatic carbocycles. The molecule has 0 fully saturated rings. The number of hydrogen-bond acceptors (Lipinski definition) is 6. The molecule has 0 bridgehead atoms. The predicted octanol–water partition coefficient (Wildman–Crippen LogP) is 0.435. The van der Waals surface area contributed by atoms with Gasteiger partial charge in [0.2, 0.25) is 5.91 Å². The Hall–Kier alpha value is -3.08. The molecule has 1 aliphatic heterocycles. The molecule has 140 valence electrons. The average molecular weight is 367 g/mol. The largest absolute Gasteiger partial charge is 0.477 e. The summed E-state index contributed by atoms with van der Waals surface area (Å²) < 4.78 is 13.3. The number of hydrogen-bond donors (Lipinski definition) is 2. The highest BCUT2D eigenvalue weighted by Crippen LogP contribution is 2.21. The smallest absolute Gasteiger partial charge is 0.368 e. The lowest BCUT2D eigenvalue weighted by Gasteiger charge is -2.37. The molecule has 2 rings (SSSR count). The maximum Gasteiger partial charge on any atom is 0.368 e. The fourth-order valence-electron chi connectivity index (χ4n) is 2.38. The molecular weight excluding hydrogens is 349 g/mol. The van der Waals surface area contributed by atoms with E-state index >= 15 is 0 Å². The molecule has 0 spiro atoms. The number of aliphatic carboxylic acids is 1. The van der Waals surface area contributed by atoms with Gasteiger partial charge < -0.3 is 15.3 Å². The summed E-state index contributed by atoms with van der Waals surface area (Å²) in [6.07, 6.45) is 2.87. The van der Waals surface area contributed by atoms with E-state index in [2.05, 4.69) is 20.1 Å². The minimum atomic E-state index is -2.70. The highest BCUT2D eigenvalue weighted by Gasteiger charge is 2.38. The first-order chi connectivity index (χ1) is 12.3. The van der Waals surface area contributed by atoms with Crippen LogP contribution in [-0.4, -0.2) is 61.9 Å². The van der Waals surface area contributed by atoms with E-state index in [1.807, 2.05) is 0 Å². The molecule has 11 heteroatoms. The zero-order valence-corrected chi connectivity index (χ0v) is 14.1. The fourth-order valence-corrected chi connectivity index (χ4v) is 2.38. The van der Waals surface area contributed by atoms with Gasteiger partial charge in [-0.3, -0.25) is 14.8 Å². The molecule has 10 nitrogen and oxygen atoms in total. The topological polar surface area (TPSA) is 125 Å². The Bertz CT molecular complexity index is 714. The summed E-state index contributed by atoms with van der Waals surface area (Å²) in [7, 11) is 0. The van der Waals surface area contributed by atoms with Crippen LogP contribution in [-0.2, 0) is 21.0 Å². The summed E-state index contributed by atoms with van der Waals surface area (Å²) in [6, 6.07) is -1.78. The molecule has 0 radical (unpaired) electrons. The number of carbonyl (C=O) groups excluding carboxylic acids is 2. The Labute approximate surface area is 148 Å². The van der Waals surface area contributed by atoms with Crippen LogP contribution in [0.2, 0.25) is 0 Å². The third kappa shape index (κ3) is 4.30. The maximum absolute atomic E-state index is 13.3. The van der Waals surface area contributed by atoms with Crippen molar-refractivity contribution in [2.45, 2.75) is 32.8 Å². The standard InChI is InChI=1S/C15H18FN5O5/c1-3-20-11(13(22)19-7-10-6-17-4-5-18-10)9(2)8-21(15(20)25)26-12(16)14(23)24/h4-6,8,11-12H,3,7H2,1-2H3,(H,19,22)(H,23,24)/t11-,12?/m0/s1.